The average Bonchev–Trinajstić information content (AvgIpc) is 2.91. The maximum Gasteiger partial charge on any atom is 0.245 e. The van der Waals surface area contributed by atoms with E-state index in [1.54, 1.807) is 0 Å². The quantitative estimate of drug-likeness (QED) is 0.768. The average molecular weight is 380 g/mol. The molecular formula is C12H15BrFN3O3S. The molecule has 1 fully saturated rings. The minimum Gasteiger partial charge on any atom is -0.398 e. The Balaban J connectivity index is 2.47. The number of carbonyl (C=O) groups is 1. The summed E-state index contributed by atoms with van der Waals surface area (Å²) in [5.41, 5.74) is 5.45. The third kappa shape index (κ3) is 2.90. The van der Waals surface area contributed by atoms with Gasteiger partial charge in [-0.25, -0.2) is 12.8 Å². The van der Waals surface area contributed by atoms with Crippen molar-refractivity contribution in [2.24, 2.45) is 0 Å². The second-order valence-electron chi connectivity index (χ2n) is 4.69. The van der Waals surface area contributed by atoms with Gasteiger partial charge in [-0.1, -0.05) is 0 Å². The van der Waals surface area contributed by atoms with Gasteiger partial charge >= 0.3 is 0 Å². The van der Waals surface area contributed by atoms with Crippen LogP contribution in [0.5, 0.6) is 0 Å². The summed E-state index contributed by atoms with van der Waals surface area (Å²) in [6, 6.07) is 1.31. The van der Waals surface area contributed by atoms with Gasteiger partial charge in [-0.05, 0) is 40.9 Å². The van der Waals surface area contributed by atoms with Gasteiger partial charge in [0.05, 0.1) is 10.2 Å². The van der Waals surface area contributed by atoms with E-state index in [1.165, 1.54) is 7.05 Å². The maximum atomic E-state index is 13.4. The molecule has 1 aromatic carbocycles. The van der Waals surface area contributed by atoms with Crippen molar-refractivity contribution in [3.05, 3.63) is 22.4 Å². The predicted octanol–water partition coefficient (Wildman–Crippen LogP) is 1.07. The van der Waals surface area contributed by atoms with Gasteiger partial charge in [0.2, 0.25) is 15.9 Å². The summed E-state index contributed by atoms with van der Waals surface area (Å²) in [5.74, 6) is -1.01. The fourth-order valence-electron chi connectivity index (χ4n) is 2.35. The summed E-state index contributed by atoms with van der Waals surface area (Å²) in [7, 11) is -2.51. The largest absolute Gasteiger partial charge is 0.398 e. The highest BCUT2D eigenvalue weighted by molar-refractivity contribution is 9.10. The number of nitrogens with one attached hydrogen (secondary N) is 1. The van der Waals surface area contributed by atoms with Crippen molar-refractivity contribution in [3.63, 3.8) is 0 Å². The van der Waals surface area contributed by atoms with E-state index in [1.807, 2.05) is 0 Å². The molecule has 1 heterocycles. The summed E-state index contributed by atoms with van der Waals surface area (Å²) in [5, 5.41) is 2.45. The second-order valence-corrected chi connectivity index (χ2v) is 7.41. The van der Waals surface area contributed by atoms with E-state index >= 15 is 0 Å². The number of benzene rings is 1. The van der Waals surface area contributed by atoms with Crippen LogP contribution in [0.2, 0.25) is 0 Å². The van der Waals surface area contributed by atoms with Crippen LogP contribution < -0.4 is 11.1 Å². The topological polar surface area (TPSA) is 92.5 Å². The predicted molar refractivity (Wildman–Crippen MR) is 79.5 cm³/mol. The normalized spacial score (nSPS) is 19.7. The van der Waals surface area contributed by atoms with Gasteiger partial charge in [0, 0.05) is 13.6 Å². The van der Waals surface area contributed by atoms with Gasteiger partial charge in [-0.2, -0.15) is 4.31 Å². The molecule has 1 unspecified atom stereocenters. The second kappa shape index (κ2) is 5.90. The first-order valence-corrected chi connectivity index (χ1v) is 8.50. The molecule has 0 radical (unpaired) electrons. The summed E-state index contributed by atoms with van der Waals surface area (Å²) in [4.78, 5) is 11.6. The highest BCUT2D eigenvalue weighted by atomic mass is 79.9. The van der Waals surface area contributed by atoms with E-state index < -0.39 is 21.9 Å². The lowest BCUT2D eigenvalue weighted by molar-refractivity contribution is -0.123. The standard InChI is InChI=1S/C12H15BrFN3O3S/c1-16-12(18)10-3-2-4-17(10)21(19,20)11-5-7(13)8(14)6-9(11)15/h5-6,10H,2-4,15H2,1H3,(H,16,18). The number of rotatable bonds is 3. The molecule has 2 rings (SSSR count). The number of halogens is 2. The summed E-state index contributed by atoms with van der Waals surface area (Å²) < 4.78 is 39.8. The van der Waals surface area contributed by atoms with E-state index in [-0.39, 0.29) is 27.5 Å². The van der Waals surface area contributed by atoms with Crippen molar-refractivity contribution in [2.45, 2.75) is 23.8 Å². The van der Waals surface area contributed by atoms with Crippen molar-refractivity contribution < 1.29 is 17.6 Å². The summed E-state index contributed by atoms with van der Waals surface area (Å²) in [6.45, 7) is 0.231. The van der Waals surface area contributed by atoms with Crippen LogP contribution in [0.1, 0.15) is 12.8 Å². The lowest BCUT2D eigenvalue weighted by Crippen LogP contribution is -2.44. The Hall–Kier alpha value is -1.19. The van der Waals surface area contributed by atoms with Crippen LogP contribution in [0.4, 0.5) is 10.1 Å². The van der Waals surface area contributed by atoms with Gasteiger partial charge in [0.1, 0.15) is 16.8 Å². The van der Waals surface area contributed by atoms with Gasteiger partial charge in [-0.15, -0.1) is 0 Å². The highest BCUT2D eigenvalue weighted by Crippen LogP contribution is 2.32. The molecular weight excluding hydrogens is 365 g/mol. The molecule has 21 heavy (non-hydrogen) atoms. The summed E-state index contributed by atoms with van der Waals surface area (Å²) >= 11 is 2.95. The molecule has 1 amide bonds. The van der Waals surface area contributed by atoms with Crippen LogP contribution in [-0.2, 0) is 14.8 Å². The fraction of sp³-hybridized carbons (Fsp3) is 0.417. The highest BCUT2D eigenvalue weighted by Gasteiger charge is 2.40. The number of nitrogens with zero attached hydrogens (tertiary/aromatic N) is 1. The maximum absolute atomic E-state index is 13.4. The monoisotopic (exact) mass is 379 g/mol. The third-order valence-electron chi connectivity index (χ3n) is 3.39. The number of nitrogen functional groups attached to an aromatic ring is 1. The fourth-order valence-corrected chi connectivity index (χ4v) is 4.63. The molecule has 1 aliphatic heterocycles. The Bertz CT molecular complexity index is 681. The van der Waals surface area contributed by atoms with Crippen LogP contribution in [-0.4, -0.2) is 38.3 Å². The van der Waals surface area contributed by atoms with Crippen LogP contribution in [0, 0.1) is 5.82 Å². The Morgan fingerprint density at radius 3 is 2.81 bits per heavy atom. The van der Waals surface area contributed by atoms with Crippen molar-refractivity contribution in [1.29, 1.82) is 0 Å². The Morgan fingerprint density at radius 1 is 1.52 bits per heavy atom. The summed E-state index contributed by atoms with van der Waals surface area (Å²) in [6.07, 6.45) is 1.03. The molecule has 1 aromatic rings. The third-order valence-corrected chi connectivity index (χ3v) is 5.96. The molecule has 1 aliphatic rings. The van der Waals surface area contributed by atoms with E-state index in [9.17, 15) is 17.6 Å². The molecule has 0 aromatic heterocycles. The molecule has 9 heteroatoms. The molecule has 1 saturated heterocycles. The zero-order chi connectivity index (χ0) is 15.8. The lowest BCUT2D eigenvalue weighted by atomic mass is 10.2. The number of likely N-dealkylation sites (N-methyl/N-ethyl adjacent to an activating group) is 1. The molecule has 0 spiro atoms. The molecule has 6 nitrogen and oxygen atoms in total. The van der Waals surface area contributed by atoms with Crippen molar-refractivity contribution in [3.8, 4) is 0 Å². The van der Waals surface area contributed by atoms with Gasteiger partial charge in [0.25, 0.3) is 0 Å². The number of carbonyl (C=O) groups excluding carboxylic acids is 1. The van der Waals surface area contributed by atoms with E-state index in [0.717, 1.165) is 16.4 Å². The van der Waals surface area contributed by atoms with Gasteiger partial charge < -0.3 is 11.1 Å². The number of sulfonamides is 1. The van der Waals surface area contributed by atoms with E-state index in [2.05, 4.69) is 21.2 Å². The first-order chi connectivity index (χ1) is 9.78. The molecule has 0 saturated carbocycles. The van der Waals surface area contributed by atoms with Crippen molar-refractivity contribution in [1.82, 2.24) is 9.62 Å². The SMILES string of the molecule is CNC(=O)C1CCCN1S(=O)(=O)c1cc(Br)c(F)cc1N. The number of amides is 1. The number of anilines is 1. The number of hydrogen-bond donors (Lipinski definition) is 2. The smallest absolute Gasteiger partial charge is 0.245 e. The van der Waals surface area contributed by atoms with Crippen LogP contribution >= 0.6 is 15.9 Å². The van der Waals surface area contributed by atoms with Crippen molar-refractivity contribution >= 4 is 37.5 Å². The molecule has 1 atom stereocenters. The number of nitrogens with two attached hydrogens (primary N) is 1. The Labute approximate surface area is 130 Å². The number of hydrogen-bond acceptors (Lipinski definition) is 4. The lowest BCUT2D eigenvalue weighted by Gasteiger charge is -2.23. The zero-order valence-corrected chi connectivity index (χ0v) is 13.7. The first kappa shape index (κ1) is 16.2. The Kier molecular flexibility index (Phi) is 4.54. The Morgan fingerprint density at radius 2 is 2.19 bits per heavy atom. The zero-order valence-electron chi connectivity index (χ0n) is 11.3. The van der Waals surface area contributed by atoms with E-state index in [0.29, 0.717) is 12.8 Å². The minimum absolute atomic E-state index is 0.00552. The van der Waals surface area contributed by atoms with Gasteiger partial charge in [-0.3, -0.25) is 4.79 Å². The van der Waals surface area contributed by atoms with Crippen LogP contribution in [0.3, 0.4) is 0 Å². The van der Waals surface area contributed by atoms with Crippen molar-refractivity contribution in [2.75, 3.05) is 19.3 Å². The first-order valence-electron chi connectivity index (χ1n) is 6.27. The van der Waals surface area contributed by atoms with Crippen LogP contribution in [0.25, 0.3) is 0 Å². The van der Waals surface area contributed by atoms with Gasteiger partial charge in [0.15, 0.2) is 0 Å². The molecule has 116 valence electrons. The minimum atomic E-state index is -3.96. The van der Waals surface area contributed by atoms with Crippen LogP contribution in [0.15, 0.2) is 21.5 Å². The molecule has 3 N–H and O–H groups in total. The van der Waals surface area contributed by atoms with E-state index in [4.69, 9.17) is 5.73 Å². The molecule has 0 aliphatic carbocycles. The molecule has 0 bridgehead atoms.